The number of allylic oxidation sites excluding steroid dienone is 1. The molecule has 0 atom stereocenters. The predicted octanol–water partition coefficient (Wildman–Crippen LogP) is 2.38. The highest BCUT2D eigenvalue weighted by atomic mass is 32.1. The van der Waals surface area contributed by atoms with Gasteiger partial charge in [-0.05, 0) is 19.1 Å². The summed E-state index contributed by atoms with van der Waals surface area (Å²) in [5.74, 6) is -0.982. The Morgan fingerprint density at radius 3 is 2.64 bits per heavy atom. The van der Waals surface area contributed by atoms with Gasteiger partial charge < -0.3 is 10.4 Å². The van der Waals surface area contributed by atoms with E-state index in [-0.39, 0.29) is 5.70 Å². The molecule has 4 heteroatoms. The third-order valence-electron chi connectivity index (χ3n) is 1.69. The van der Waals surface area contributed by atoms with Gasteiger partial charge in [0.2, 0.25) is 0 Å². The fourth-order valence-corrected chi connectivity index (χ4v) is 1.19. The molecular weight excluding hydrogens is 198 g/mol. The second-order valence-corrected chi connectivity index (χ2v) is 3.13. The largest absolute Gasteiger partial charge is 0.477 e. The summed E-state index contributed by atoms with van der Waals surface area (Å²) in [6, 6.07) is 7.22. The van der Waals surface area contributed by atoms with Crippen LogP contribution in [-0.4, -0.2) is 11.1 Å². The summed E-state index contributed by atoms with van der Waals surface area (Å²) in [4.78, 5) is 11.4. The summed E-state index contributed by atoms with van der Waals surface area (Å²) in [6.07, 6.45) is 1.50. The molecular formula is C10H11NO2S. The van der Waals surface area contributed by atoms with Gasteiger partial charge >= 0.3 is 5.97 Å². The van der Waals surface area contributed by atoms with Gasteiger partial charge in [0.1, 0.15) is 5.70 Å². The summed E-state index contributed by atoms with van der Waals surface area (Å²) in [6.45, 7) is 1.66. The zero-order chi connectivity index (χ0) is 10.6. The number of nitrogens with one attached hydrogen (secondary N) is 1. The number of thiol groups is 1. The van der Waals surface area contributed by atoms with Gasteiger partial charge in [0.25, 0.3) is 0 Å². The van der Waals surface area contributed by atoms with Gasteiger partial charge in [-0.3, -0.25) is 0 Å². The quantitative estimate of drug-likeness (QED) is 0.529. The van der Waals surface area contributed by atoms with E-state index >= 15 is 0 Å². The molecule has 0 saturated heterocycles. The Hall–Kier alpha value is -1.42. The maximum Gasteiger partial charge on any atom is 0.351 e. The summed E-state index contributed by atoms with van der Waals surface area (Å²) in [7, 11) is 0. The molecule has 0 unspecified atom stereocenters. The Labute approximate surface area is 87.9 Å². The molecule has 0 fully saturated rings. The van der Waals surface area contributed by atoms with Gasteiger partial charge in [-0.1, -0.05) is 18.2 Å². The zero-order valence-corrected chi connectivity index (χ0v) is 8.58. The molecule has 0 radical (unpaired) electrons. The Morgan fingerprint density at radius 1 is 1.50 bits per heavy atom. The van der Waals surface area contributed by atoms with Gasteiger partial charge in [0.15, 0.2) is 0 Å². The lowest BCUT2D eigenvalue weighted by molar-refractivity contribution is -0.132. The maximum absolute atomic E-state index is 10.7. The van der Waals surface area contributed by atoms with Crippen molar-refractivity contribution < 1.29 is 9.90 Å². The van der Waals surface area contributed by atoms with E-state index in [9.17, 15) is 4.79 Å². The van der Waals surface area contributed by atoms with Crippen LogP contribution in [0, 0.1) is 0 Å². The zero-order valence-electron chi connectivity index (χ0n) is 7.69. The Kier molecular flexibility index (Phi) is 3.59. The van der Waals surface area contributed by atoms with E-state index in [0.717, 1.165) is 0 Å². The van der Waals surface area contributed by atoms with Gasteiger partial charge in [-0.15, -0.1) is 12.6 Å². The minimum absolute atomic E-state index is 0.145. The highest BCUT2D eigenvalue weighted by molar-refractivity contribution is 7.80. The molecule has 14 heavy (non-hydrogen) atoms. The number of benzene rings is 1. The van der Waals surface area contributed by atoms with Crippen LogP contribution in [0.1, 0.15) is 6.92 Å². The molecule has 1 rings (SSSR count). The molecule has 0 aliphatic heterocycles. The normalized spacial score (nSPS) is 11.1. The standard InChI is InChI=1S/C10H11NO2S/c1-2-7(10(12)13)11-8-5-3-4-6-9(8)14/h2-6,11,14H,1H3,(H,12,13). The van der Waals surface area contributed by atoms with Crippen LogP contribution in [0.5, 0.6) is 0 Å². The van der Waals surface area contributed by atoms with E-state index in [2.05, 4.69) is 17.9 Å². The highest BCUT2D eigenvalue weighted by Gasteiger charge is 2.06. The SMILES string of the molecule is CC=C(Nc1ccccc1S)C(=O)O. The van der Waals surface area contributed by atoms with Crippen LogP contribution in [0.3, 0.4) is 0 Å². The van der Waals surface area contributed by atoms with Crippen molar-refractivity contribution in [1.29, 1.82) is 0 Å². The Bertz CT molecular complexity index is 374. The topological polar surface area (TPSA) is 49.3 Å². The van der Waals surface area contributed by atoms with Gasteiger partial charge in [-0.25, -0.2) is 4.79 Å². The average Bonchev–Trinajstić information content (AvgIpc) is 2.16. The van der Waals surface area contributed by atoms with Crippen LogP contribution in [0.4, 0.5) is 5.69 Å². The maximum atomic E-state index is 10.7. The summed E-state index contributed by atoms with van der Waals surface area (Å²) in [5, 5.41) is 11.6. The second-order valence-electron chi connectivity index (χ2n) is 2.65. The molecule has 0 heterocycles. The summed E-state index contributed by atoms with van der Waals surface area (Å²) in [5.41, 5.74) is 0.831. The fourth-order valence-electron chi connectivity index (χ4n) is 0.974. The summed E-state index contributed by atoms with van der Waals surface area (Å²) >= 11 is 4.20. The number of rotatable bonds is 3. The van der Waals surface area contributed by atoms with Crippen molar-refractivity contribution in [3.63, 3.8) is 0 Å². The van der Waals surface area contributed by atoms with Gasteiger partial charge in [0, 0.05) is 4.90 Å². The van der Waals surface area contributed by atoms with Crippen molar-refractivity contribution in [2.24, 2.45) is 0 Å². The molecule has 2 N–H and O–H groups in total. The van der Waals surface area contributed by atoms with Crippen LogP contribution >= 0.6 is 12.6 Å². The van der Waals surface area contributed by atoms with Crippen molar-refractivity contribution >= 4 is 24.3 Å². The Morgan fingerprint density at radius 2 is 2.14 bits per heavy atom. The number of aliphatic carboxylic acids is 1. The molecule has 0 aliphatic rings. The minimum atomic E-state index is -0.982. The van der Waals surface area contributed by atoms with E-state index in [1.165, 1.54) is 6.08 Å². The predicted molar refractivity (Wildman–Crippen MR) is 58.7 cm³/mol. The molecule has 74 valence electrons. The van der Waals surface area contributed by atoms with E-state index < -0.39 is 5.97 Å². The smallest absolute Gasteiger partial charge is 0.351 e. The number of carbonyl (C=O) groups is 1. The van der Waals surface area contributed by atoms with Crippen molar-refractivity contribution in [2.75, 3.05) is 5.32 Å². The van der Waals surface area contributed by atoms with E-state index in [0.29, 0.717) is 10.6 Å². The van der Waals surface area contributed by atoms with Crippen LogP contribution in [0.25, 0.3) is 0 Å². The summed E-state index contributed by atoms with van der Waals surface area (Å²) < 4.78 is 0. The molecule has 0 aromatic heterocycles. The average molecular weight is 209 g/mol. The van der Waals surface area contributed by atoms with Crippen molar-refractivity contribution in [3.8, 4) is 0 Å². The highest BCUT2D eigenvalue weighted by Crippen LogP contribution is 2.20. The van der Waals surface area contributed by atoms with Crippen molar-refractivity contribution in [3.05, 3.63) is 36.0 Å². The first-order valence-electron chi connectivity index (χ1n) is 4.09. The molecule has 1 aromatic rings. The lowest BCUT2D eigenvalue weighted by Crippen LogP contribution is -2.10. The minimum Gasteiger partial charge on any atom is -0.477 e. The number of hydrogen-bond donors (Lipinski definition) is 3. The van der Waals surface area contributed by atoms with Crippen molar-refractivity contribution in [1.82, 2.24) is 0 Å². The monoisotopic (exact) mass is 209 g/mol. The first kappa shape index (κ1) is 10.7. The fraction of sp³-hybridized carbons (Fsp3) is 0.100. The molecule has 1 aromatic carbocycles. The van der Waals surface area contributed by atoms with Crippen LogP contribution in [0.15, 0.2) is 40.9 Å². The molecule has 0 spiro atoms. The molecule has 0 saturated carbocycles. The number of hydrogen-bond acceptors (Lipinski definition) is 3. The van der Waals surface area contributed by atoms with E-state index in [1.807, 2.05) is 12.1 Å². The molecule has 0 amide bonds. The van der Waals surface area contributed by atoms with E-state index in [4.69, 9.17) is 5.11 Å². The van der Waals surface area contributed by atoms with E-state index in [1.54, 1.807) is 19.1 Å². The molecule has 0 aliphatic carbocycles. The van der Waals surface area contributed by atoms with Crippen LogP contribution in [-0.2, 0) is 4.79 Å². The van der Waals surface area contributed by atoms with Crippen LogP contribution in [0.2, 0.25) is 0 Å². The van der Waals surface area contributed by atoms with Crippen LogP contribution < -0.4 is 5.32 Å². The number of para-hydroxylation sites is 1. The second kappa shape index (κ2) is 4.72. The first-order valence-corrected chi connectivity index (χ1v) is 4.54. The number of anilines is 1. The lowest BCUT2D eigenvalue weighted by atomic mass is 10.3. The Balaban J connectivity index is 2.88. The molecule has 0 bridgehead atoms. The third-order valence-corrected chi connectivity index (χ3v) is 2.08. The molecule has 3 nitrogen and oxygen atoms in total. The van der Waals surface area contributed by atoms with Gasteiger partial charge in [-0.2, -0.15) is 0 Å². The third kappa shape index (κ3) is 2.53. The first-order chi connectivity index (χ1) is 6.65. The number of carboxylic acids is 1. The number of carboxylic acid groups (broad SMARTS) is 1. The van der Waals surface area contributed by atoms with Gasteiger partial charge in [0.05, 0.1) is 5.69 Å². The van der Waals surface area contributed by atoms with Crippen molar-refractivity contribution in [2.45, 2.75) is 11.8 Å². The lowest BCUT2D eigenvalue weighted by Gasteiger charge is -2.08.